The van der Waals surface area contributed by atoms with Crippen molar-refractivity contribution in [3.05, 3.63) is 93.5 Å². The number of benzene rings is 2. The SMILES string of the molecule is O=C(O)/C=C/c1ccc2c(c1)c(=O)c(C(O)=CC(=O)C(=O)O)cn2Cc1ccc(F)cc1. The Kier molecular flexibility index (Phi) is 6.29. The topological polar surface area (TPSA) is 134 Å². The van der Waals surface area contributed by atoms with Crippen LogP contribution in [0.25, 0.3) is 22.7 Å². The number of pyridine rings is 1. The van der Waals surface area contributed by atoms with Crippen LogP contribution in [0, 0.1) is 5.82 Å². The van der Waals surface area contributed by atoms with Crippen molar-refractivity contribution in [1.82, 2.24) is 4.57 Å². The van der Waals surface area contributed by atoms with E-state index in [9.17, 15) is 28.7 Å². The second-order valence-corrected chi connectivity index (χ2v) is 6.77. The molecule has 1 aromatic heterocycles. The molecule has 0 fully saturated rings. The zero-order chi connectivity index (χ0) is 23.4. The number of carbonyl (C=O) groups is 3. The number of aromatic nitrogens is 1. The van der Waals surface area contributed by atoms with Crippen LogP contribution in [0.1, 0.15) is 16.7 Å². The Labute approximate surface area is 179 Å². The molecule has 0 bridgehead atoms. The van der Waals surface area contributed by atoms with Crippen molar-refractivity contribution in [3.63, 3.8) is 0 Å². The number of fused-ring (bicyclic) bond motifs is 1. The zero-order valence-corrected chi connectivity index (χ0v) is 16.4. The van der Waals surface area contributed by atoms with Gasteiger partial charge in [-0.25, -0.2) is 14.0 Å². The van der Waals surface area contributed by atoms with Gasteiger partial charge in [-0.2, -0.15) is 0 Å². The molecule has 3 aromatic rings. The second kappa shape index (κ2) is 9.09. The van der Waals surface area contributed by atoms with Gasteiger partial charge in [-0.15, -0.1) is 0 Å². The minimum atomic E-state index is -1.80. The van der Waals surface area contributed by atoms with Gasteiger partial charge in [0.2, 0.25) is 0 Å². The van der Waals surface area contributed by atoms with Crippen LogP contribution in [0.15, 0.2) is 65.6 Å². The standard InChI is InChI=1S/C23H16FNO7/c24-15-5-1-14(2-6-15)11-25-12-17(19(26)10-20(27)23(31)32)22(30)16-9-13(3-7-18(16)25)4-8-21(28)29/h1-10,12,26H,11H2,(H,28,29)(H,31,32)/b8-4+,19-10?. The van der Waals surface area contributed by atoms with E-state index in [0.29, 0.717) is 22.7 Å². The van der Waals surface area contributed by atoms with E-state index in [4.69, 9.17) is 10.2 Å². The summed E-state index contributed by atoms with van der Waals surface area (Å²) < 4.78 is 14.8. The van der Waals surface area contributed by atoms with E-state index < -0.39 is 34.7 Å². The largest absolute Gasteiger partial charge is 0.507 e. The first-order valence-corrected chi connectivity index (χ1v) is 9.16. The van der Waals surface area contributed by atoms with Gasteiger partial charge in [0, 0.05) is 30.3 Å². The van der Waals surface area contributed by atoms with Crippen LogP contribution in [0.5, 0.6) is 0 Å². The van der Waals surface area contributed by atoms with Gasteiger partial charge < -0.3 is 19.9 Å². The Morgan fingerprint density at radius 3 is 2.31 bits per heavy atom. The number of halogens is 1. The van der Waals surface area contributed by atoms with E-state index in [1.807, 2.05) is 0 Å². The number of hydrogen-bond acceptors (Lipinski definition) is 5. The zero-order valence-electron chi connectivity index (χ0n) is 16.4. The lowest BCUT2D eigenvalue weighted by Gasteiger charge is -2.14. The molecule has 0 aliphatic carbocycles. The molecule has 3 N–H and O–H groups in total. The van der Waals surface area contributed by atoms with E-state index in [1.54, 1.807) is 16.7 Å². The summed E-state index contributed by atoms with van der Waals surface area (Å²) in [5.74, 6) is -5.65. The van der Waals surface area contributed by atoms with Crippen molar-refractivity contribution in [2.75, 3.05) is 0 Å². The van der Waals surface area contributed by atoms with Gasteiger partial charge in [-0.1, -0.05) is 18.2 Å². The van der Waals surface area contributed by atoms with E-state index >= 15 is 0 Å². The highest BCUT2D eigenvalue weighted by Gasteiger charge is 2.16. The Morgan fingerprint density at radius 1 is 1.00 bits per heavy atom. The molecule has 8 nitrogen and oxygen atoms in total. The Balaban J connectivity index is 2.23. The molecule has 0 unspecified atom stereocenters. The third-order valence-corrected chi connectivity index (χ3v) is 4.54. The van der Waals surface area contributed by atoms with Crippen molar-refractivity contribution >= 4 is 40.5 Å². The van der Waals surface area contributed by atoms with E-state index in [-0.39, 0.29) is 17.5 Å². The molecule has 0 saturated carbocycles. The first-order valence-electron chi connectivity index (χ1n) is 9.16. The number of rotatable bonds is 7. The molecule has 0 amide bonds. The molecule has 162 valence electrons. The number of carbonyl (C=O) groups excluding carboxylic acids is 1. The Hall–Kier alpha value is -4.53. The lowest BCUT2D eigenvalue weighted by atomic mass is 10.1. The number of aliphatic hydroxyl groups excluding tert-OH is 1. The normalized spacial score (nSPS) is 11.7. The molecular weight excluding hydrogens is 421 g/mol. The summed E-state index contributed by atoms with van der Waals surface area (Å²) in [6.45, 7) is 0.161. The maximum Gasteiger partial charge on any atom is 0.376 e. The summed E-state index contributed by atoms with van der Waals surface area (Å²) in [7, 11) is 0. The average Bonchev–Trinajstić information content (AvgIpc) is 2.75. The van der Waals surface area contributed by atoms with Gasteiger partial charge in [0.05, 0.1) is 11.1 Å². The molecule has 3 rings (SSSR count). The molecule has 32 heavy (non-hydrogen) atoms. The molecule has 0 atom stereocenters. The fourth-order valence-corrected chi connectivity index (χ4v) is 3.05. The number of ketones is 1. The summed E-state index contributed by atoms with van der Waals surface area (Å²) in [5, 5.41) is 27.9. The quantitative estimate of drug-likeness (QED) is 0.294. The summed E-state index contributed by atoms with van der Waals surface area (Å²) >= 11 is 0. The van der Waals surface area contributed by atoms with Crippen molar-refractivity contribution in [2.24, 2.45) is 0 Å². The van der Waals surface area contributed by atoms with Crippen molar-refractivity contribution in [3.8, 4) is 0 Å². The summed E-state index contributed by atoms with van der Waals surface area (Å²) in [6, 6.07) is 10.2. The van der Waals surface area contributed by atoms with Crippen LogP contribution in [-0.2, 0) is 20.9 Å². The third-order valence-electron chi connectivity index (χ3n) is 4.54. The molecule has 0 aliphatic heterocycles. The molecule has 0 spiro atoms. The van der Waals surface area contributed by atoms with E-state index in [0.717, 1.165) is 6.08 Å². The van der Waals surface area contributed by atoms with Crippen LogP contribution in [0.4, 0.5) is 4.39 Å². The lowest BCUT2D eigenvalue weighted by molar-refractivity contribution is -0.146. The number of carboxylic acids is 2. The molecule has 2 aromatic carbocycles. The highest BCUT2D eigenvalue weighted by atomic mass is 19.1. The van der Waals surface area contributed by atoms with Crippen LogP contribution in [-0.4, -0.2) is 37.6 Å². The summed E-state index contributed by atoms with van der Waals surface area (Å²) in [5.41, 5.74) is 0.476. The average molecular weight is 437 g/mol. The van der Waals surface area contributed by atoms with Gasteiger partial charge >= 0.3 is 11.9 Å². The minimum absolute atomic E-state index is 0.0971. The van der Waals surface area contributed by atoms with Crippen LogP contribution in [0.3, 0.4) is 0 Å². The minimum Gasteiger partial charge on any atom is -0.507 e. The summed E-state index contributed by atoms with van der Waals surface area (Å²) in [4.78, 5) is 46.0. The number of carboxylic acid groups (broad SMARTS) is 2. The third kappa shape index (κ3) is 4.96. The van der Waals surface area contributed by atoms with Gasteiger partial charge in [0.1, 0.15) is 11.6 Å². The summed E-state index contributed by atoms with van der Waals surface area (Å²) in [6.07, 6.45) is 3.87. The van der Waals surface area contributed by atoms with E-state index in [1.165, 1.54) is 42.6 Å². The predicted molar refractivity (Wildman–Crippen MR) is 114 cm³/mol. The fourth-order valence-electron chi connectivity index (χ4n) is 3.05. The molecular formula is C23H16FNO7. The van der Waals surface area contributed by atoms with Crippen LogP contribution < -0.4 is 5.43 Å². The molecule has 0 radical (unpaired) electrons. The number of aliphatic carboxylic acids is 2. The molecule has 0 aliphatic rings. The van der Waals surface area contributed by atoms with Crippen LogP contribution >= 0.6 is 0 Å². The Morgan fingerprint density at radius 2 is 1.69 bits per heavy atom. The highest BCUT2D eigenvalue weighted by Crippen LogP contribution is 2.20. The van der Waals surface area contributed by atoms with Gasteiger partial charge in [0.15, 0.2) is 5.43 Å². The first kappa shape index (κ1) is 22.2. The monoisotopic (exact) mass is 437 g/mol. The maximum atomic E-state index is 13.2. The van der Waals surface area contributed by atoms with Gasteiger partial charge in [-0.3, -0.25) is 9.59 Å². The highest BCUT2D eigenvalue weighted by molar-refractivity contribution is 6.38. The van der Waals surface area contributed by atoms with Gasteiger partial charge in [-0.05, 0) is 41.5 Å². The van der Waals surface area contributed by atoms with Crippen molar-refractivity contribution in [1.29, 1.82) is 0 Å². The molecule has 0 saturated heterocycles. The van der Waals surface area contributed by atoms with Gasteiger partial charge in [0.25, 0.3) is 5.78 Å². The lowest BCUT2D eigenvalue weighted by Crippen LogP contribution is -2.17. The fraction of sp³-hybridized carbons (Fsp3) is 0.0435. The maximum absolute atomic E-state index is 13.2. The van der Waals surface area contributed by atoms with Crippen molar-refractivity contribution < 1.29 is 34.1 Å². The van der Waals surface area contributed by atoms with Crippen LogP contribution in [0.2, 0.25) is 0 Å². The smallest absolute Gasteiger partial charge is 0.376 e. The number of aliphatic hydroxyl groups is 1. The number of nitrogens with zero attached hydrogens (tertiary/aromatic N) is 1. The molecule has 1 heterocycles. The van der Waals surface area contributed by atoms with Crippen molar-refractivity contribution in [2.45, 2.75) is 6.54 Å². The van der Waals surface area contributed by atoms with E-state index in [2.05, 4.69) is 0 Å². The predicted octanol–water partition coefficient (Wildman–Crippen LogP) is 2.84. The first-order chi connectivity index (χ1) is 15.2. The second-order valence-electron chi connectivity index (χ2n) is 6.77. The Bertz CT molecular complexity index is 1350. The number of hydrogen-bond donors (Lipinski definition) is 3. The molecule has 9 heteroatoms.